The van der Waals surface area contributed by atoms with Crippen molar-refractivity contribution in [2.24, 2.45) is 0 Å². The number of nitrogens with zero attached hydrogens (tertiary/aromatic N) is 2. The number of carboxylic acid groups (broad SMARTS) is 1. The first-order valence-electron chi connectivity index (χ1n) is 12.4. The molecule has 1 aromatic heterocycles. The fourth-order valence-corrected chi connectivity index (χ4v) is 5.28. The Bertz CT molecular complexity index is 1450. The molecule has 9 heteroatoms. The Balaban J connectivity index is 1.77. The first kappa shape index (κ1) is 26.2. The summed E-state index contributed by atoms with van der Waals surface area (Å²) in [5.41, 5.74) is 3.60. The predicted molar refractivity (Wildman–Crippen MR) is 146 cm³/mol. The van der Waals surface area contributed by atoms with Crippen molar-refractivity contribution >= 4 is 32.7 Å². The first-order chi connectivity index (χ1) is 17.9. The van der Waals surface area contributed by atoms with Gasteiger partial charge in [-0.25, -0.2) is 13.4 Å². The molecule has 4 aromatic rings. The van der Waals surface area contributed by atoms with Crippen LogP contribution in [0.15, 0.2) is 72.8 Å². The van der Waals surface area contributed by atoms with Crippen LogP contribution >= 0.6 is 0 Å². The van der Waals surface area contributed by atoms with Crippen molar-refractivity contribution in [2.75, 3.05) is 17.1 Å². The van der Waals surface area contributed by atoms with Gasteiger partial charge in [0.25, 0.3) is 0 Å². The molecular formula is C28H31N3O5S. The van der Waals surface area contributed by atoms with Gasteiger partial charge in [-0.15, -0.1) is 0 Å². The molecule has 0 atom stereocenters. The van der Waals surface area contributed by atoms with Crippen molar-refractivity contribution < 1.29 is 23.1 Å². The van der Waals surface area contributed by atoms with E-state index < -0.39 is 16.0 Å². The molecule has 0 amide bonds. The van der Waals surface area contributed by atoms with E-state index in [9.17, 15) is 13.2 Å². The number of sulfonamides is 1. The quantitative estimate of drug-likeness (QED) is 0.213. The number of nitrogens with one attached hydrogen (secondary N) is 1. The highest BCUT2D eigenvalue weighted by molar-refractivity contribution is 7.92. The Morgan fingerprint density at radius 1 is 1.00 bits per heavy atom. The molecule has 0 bridgehead atoms. The molecule has 194 valence electrons. The van der Waals surface area contributed by atoms with Crippen LogP contribution in [0.3, 0.4) is 0 Å². The van der Waals surface area contributed by atoms with Crippen LogP contribution in [0.1, 0.15) is 39.0 Å². The summed E-state index contributed by atoms with van der Waals surface area (Å²) in [4.78, 5) is 15.6. The lowest BCUT2D eigenvalue weighted by Crippen LogP contribution is -2.17. The van der Waals surface area contributed by atoms with Gasteiger partial charge in [0.15, 0.2) is 0 Å². The highest BCUT2D eigenvalue weighted by Crippen LogP contribution is 2.36. The van der Waals surface area contributed by atoms with Gasteiger partial charge in [-0.1, -0.05) is 55.5 Å². The number of carboxylic acids is 1. The fourth-order valence-electron chi connectivity index (χ4n) is 4.15. The molecule has 2 N–H and O–H groups in total. The zero-order valence-electron chi connectivity index (χ0n) is 20.8. The van der Waals surface area contributed by atoms with E-state index in [0.717, 1.165) is 22.6 Å². The topological polar surface area (TPSA) is 111 Å². The molecule has 0 saturated carbocycles. The highest BCUT2D eigenvalue weighted by atomic mass is 32.2. The van der Waals surface area contributed by atoms with E-state index in [1.807, 2.05) is 78.2 Å². The van der Waals surface area contributed by atoms with Crippen molar-refractivity contribution in [3.05, 3.63) is 72.8 Å². The van der Waals surface area contributed by atoms with Gasteiger partial charge >= 0.3 is 5.97 Å². The Kier molecular flexibility index (Phi) is 8.45. The first-order valence-corrected chi connectivity index (χ1v) is 14.1. The average Bonchev–Trinajstić information content (AvgIpc) is 3.25. The van der Waals surface area contributed by atoms with Gasteiger partial charge in [-0.05, 0) is 43.9 Å². The van der Waals surface area contributed by atoms with E-state index >= 15 is 0 Å². The van der Waals surface area contributed by atoms with E-state index in [4.69, 9.17) is 14.8 Å². The number of aliphatic carboxylic acids is 1. The minimum atomic E-state index is -3.56. The maximum Gasteiger partial charge on any atom is 0.303 e. The number of hydrogen-bond donors (Lipinski definition) is 2. The molecule has 0 aliphatic rings. The molecule has 0 aliphatic heterocycles. The maximum atomic E-state index is 12.6. The number of aromatic nitrogens is 2. The maximum absolute atomic E-state index is 12.6. The summed E-state index contributed by atoms with van der Waals surface area (Å²) in [6.45, 7) is 2.14. The van der Waals surface area contributed by atoms with Gasteiger partial charge in [0, 0.05) is 23.7 Å². The van der Waals surface area contributed by atoms with Crippen molar-refractivity contribution in [1.82, 2.24) is 9.55 Å². The van der Waals surface area contributed by atoms with Crippen LogP contribution in [0.2, 0.25) is 0 Å². The number of rotatable bonds is 13. The Labute approximate surface area is 217 Å². The summed E-state index contributed by atoms with van der Waals surface area (Å²) in [5.74, 6) is 0.312. The average molecular weight is 522 g/mol. The monoisotopic (exact) mass is 521 g/mol. The number of carbonyl (C=O) groups is 1. The second kappa shape index (κ2) is 11.9. The molecular weight excluding hydrogens is 490 g/mol. The number of imidazole rings is 1. The minimum Gasteiger partial charge on any atom is -0.491 e. The highest BCUT2D eigenvalue weighted by Gasteiger charge is 2.20. The van der Waals surface area contributed by atoms with Crippen LogP contribution in [0.5, 0.6) is 5.75 Å². The van der Waals surface area contributed by atoms with Gasteiger partial charge in [0.2, 0.25) is 10.0 Å². The van der Waals surface area contributed by atoms with Crippen molar-refractivity contribution in [2.45, 2.75) is 39.0 Å². The lowest BCUT2D eigenvalue weighted by molar-refractivity contribution is -0.137. The third-order valence-electron chi connectivity index (χ3n) is 5.83. The van der Waals surface area contributed by atoms with Gasteiger partial charge in [0.05, 0.1) is 29.1 Å². The molecule has 0 spiro atoms. The molecule has 37 heavy (non-hydrogen) atoms. The number of anilines is 1. The third kappa shape index (κ3) is 6.68. The van der Waals surface area contributed by atoms with Crippen molar-refractivity contribution in [3.63, 3.8) is 0 Å². The second-order valence-corrected chi connectivity index (χ2v) is 10.6. The zero-order valence-corrected chi connectivity index (χ0v) is 21.6. The second-order valence-electron chi connectivity index (χ2n) is 8.78. The summed E-state index contributed by atoms with van der Waals surface area (Å²) >= 11 is 0. The van der Waals surface area contributed by atoms with Crippen LogP contribution in [0, 0.1) is 0 Å². The molecule has 0 fully saturated rings. The molecule has 0 saturated heterocycles. The number of unbranched alkanes of at least 4 members (excludes halogenated alkanes) is 2. The van der Waals surface area contributed by atoms with Crippen LogP contribution < -0.4 is 9.46 Å². The number of hydrogen-bond acceptors (Lipinski definition) is 5. The molecule has 0 aliphatic carbocycles. The van der Waals surface area contributed by atoms with Crippen molar-refractivity contribution in [1.29, 1.82) is 0 Å². The third-order valence-corrected chi connectivity index (χ3v) is 7.31. The summed E-state index contributed by atoms with van der Waals surface area (Å²) in [6.07, 6.45) is 2.52. The van der Waals surface area contributed by atoms with E-state index in [0.29, 0.717) is 49.2 Å². The van der Waals surface area contributed by atoms with Gasteiger partial charge < -0.3 is 9.84 Å². The summed E-state index contributed by atoms with van der Waals surface area (Å²) < 4.78 is 36.0. The molecule has 3 aromatic carbocycles. The van der Waals surface area contributed by atoms with Crippen LogP contribution in [0.4, 0.5) is 5.69 Å². The lowest BCUT2D eigenvalue weighted by Gasteiger charge is -2.15. The SMILES string of the molecule is CCCS(=O)(=O)Nc1cc2nc(-c3ccccc3)n(-c3ccccc3)c2cc1OCCCCCC(=O)O. The van der Waals surface area contributed by atoms with Gasteiger partial charge in [0.1, 0.15) is 11.6 Å². The molecule has 0 unspecified atom stereocenters. The molecule has 4 rings (SSSR count). The van der Waals surface area contributed by atoms with Gasteiger partial charge in [-0.2, -0.15) is 0 Å². The lowest BCUT2D eigenvalue weighted by atomic mass is 10.2. The van der Waals surface area contributed by atoms with Crippen LogP contribution in [-0.4, -0.2) is 41.4 Å². The van der Waals surface area contributed by atoms with Crippen LogP contribution in [0.25, 0.3) is 28.1 Å². The largest absolute Gasteiger partial charge is 0.491 e. The zero-order chi connectivity index (χ0) is 26.3. The van der Waals surface area contributed by atoms with Gasteiger partial charge in [-0.3, -0.25) is 14.1 Å². The normalized spacial score (nSPS) is 11.5. The number of benzene rings is 3. The summed E-state index contributed by atoms with van der Waals surface area (Å²) in [6, 6.07) is 23.2. The van der Waals surface area contributed by atoms with E-state index in [1.54, 1.807) is 6.07 Å². The number of para-hydroxylation sites is 1. The molecule has 8 nitrogen and oxygen atoms in total. The number of ether oxygens (including phenoxy) is 1. The minimum absolute atomic E-state index is 0.00656. The van der Waals surface area contributed by atoms with E-state index in [1.165, 1.54) is 0 Å². The Morgan fingerprint density at radius 2 is 1.70 bits per heavy atom. The molecule has 0 radical (unpaired) electrons. The van der Waals surface area contributed by atoms with Crippen LogP contribution in [-0.2, 0) is 14.8 Å². The Morgan fingerprint density at radius 3 is 2.38 bits per heavy atom. The van der Waals surface area contributed by atoms with Crippen molar-refractivity contribution in [3.8, 4) is 22.8 Å². The molecule has 1 heterocycles. The van der Waals surface area contributed by atoms with E-state index in [2.05, 4.69) is 4.72 Å². The summed E-state index contributed by atoms with van der Waals surface area (Å²) in [7, 11) is -3.56. The van der Waals surface area contributed by atoms with E-state index in [-0.39, 0.29) is 12.2 Å². The predicted octanol–water partition coefficient (Wildman–Crippen LogP) is 5.87. The Hall–Kier alpha value is -3.85. The fraction of sp³-hybridized carbons (Fsp3) is 0.286. The number of fused-ring (bicyclic) bond motifs is 1. The summed E-state index contributed by atoms with van der Waals surface area (Å²) in [5, 5.41) is 8.84. The standard InChI is InChI=1S/C28H31N3O5S/c1-2-18-37(34,35)30-24-19-23-25(20-26(24)36-17-11-5-10-16-27(32)33)31(22-14-8-4-9-15-22)28(29-23)21-12-6-3-7-13-21/h3-4,6-9,12-15,19-20,30H,2,5,10-11,16-18H2,1H3,(H,32,33). The smallest absolute Gasteiger partial charge is 0.303 e.